The molecule has 0 saturated carbocycles. The first kappa shape index (κ1) is 16.4. The minimum absolute atomic E-state index is 0.122. The quantitative estimate of drug-likeness (QED) is 0.829. The van der Waals surface area contributed by atoms with Crippen molar-refractivity contribution in [3.8, 4) is 17.6 Å². The highest BCUT2D eigenvalue weighted by Gasteiger charge is 2.17. The zero-order valence-electron chi connectivity index (χ0n) is 14.5. The van der Waals surface area contributed by atoms with Gasteiger partial charge in [-0.05, 0) is 40.7 Å². The Bertz CT molecular complexity index is 751. The molecule has 0 aromatic heterocycles. The number of hydrogen-bond donors (Lipinski definition) is 0. The molecule has 2 aromatic carbocycles. The molecule has 1 heterocycles. The maximum absolute atomic E-state index is 9.60. The second kappa shape index (κ2) is 6.57. The minimum Gasteiger partial charge on any atom is -0.486 e. The number of nitriles is 1. The monoisotopic (exact) mass is 321 g/mol. The van der Waals surface area contributed by atoms with E-state index in [-0.39, 0.29) is 11.3 Å². The van der Waals surface area contributed by atoms with Crippen LogP contribution in [-0.4, -0.2) is 13.2 Å². The lowest BCUT2D eigenvalue weighted by molar-refractivity contribution is 0.171. The average Bonchev–Trinajstić information content (AvgIpc) is 2.59. The van der Waals surface area contributed by atoms with Crippen molar-refractivity contribution < 1.29 is 9.47 Å². The van der Waals surface area contributed by atoms with Gasteiger partial charge in [0, 0.05) is 0 Å². The Labute approximate surface area is 143 Å². The lowest BCUT2D eigenvalue weighted by Crippen LogP contribution is -2.15. The van der Waals surface area contributed by atoms with Gasteiger partial charge in [-0.3, -0.25) is 0 Å². The van der Waals surface area contributed by atoms with Gasteiger partial charge >= 0.3 is 0 Å². The summed E-state index contributed by atoms with van der Waals surface area (Å²) in [4.78, 5) is 0. The van der Waals surface area contributed by atoms with Crippen molar-refractivity contribution >= 4 is 0 Å². The number of fused-ring (bicyclic) bond motifs is 1. The van der Waals surface area contributed by atoms with Gasteiger partial charge in [0.05, 0.1) is 12.0 Å². The van der Waals surface area contributed by atoms with Crippen LogP contribution in [-0.2, 0) is 11.8 Å². The van der Waals surface area contributed by atoms with Crippen molar-refractivity contribution in [2.45, 2.75) is 38.5 Å². The molecule has 2 aromatic rings. The second-order valence-electron chi connectivity index (χ2n) is 7.24. The summed E-state index contributed by atoms with van der Waals surface area (Å²) >= 11 is 0. The number of hydrogen-bond acceptors (Lipinski definition) is 3. The predicted molar refractivity (Wildman–Crippen MR) is 94.6 cm³/mol. The third kappa shape index (κ3) is 3.54. The summed E-state index contributed by atoms with van der Waals surface area (Å²) in [5.41, 5.74) is 3.55. The van der Waals surface area contributed by atoms with Crippen LogP contribution in [0.1, 0.15) is 43.4 Å². The molecule has 1 unspecified atom stereocenters. The molecular weight excluding hydrogens is 298 g/mol. The molecule has 24 heavy (non-hydrogen) atoms. The topological polar surface area (TPSA) is 42.2 Å². The van der Waals surface area contributed by atoms with Gasteiger partial charge in [0.2, 0.25) is 0 Å². The van der Waals surface area contributed by atoms with Crippen LogP contribution in [0.3, 0.4) is 0 Å². The van der Waals surface area contributed by atoms with E-state index in [4.69, 9.17) is 9.47 Å². The van der Waals surface area contributed by atoms with Crippen LogP contribution in [0.5, 0.6) is 11.5 Å². The predicted octanol–water partition coefficient (Wildman–Crippen LogP) is 4.61. The van der Waals surface area contributed by atoms with Crippen molar-refractivity contribution in [1.82, 2.24) is 0 Å². The molecule has 3 nitrogen and oxygen atoms in total. The Hall–Kier alpha value is -2.47. The number of rotatable bonds is 3. The third-order valence-corrected chi connectivity index (χ3v) is 4.38. The number of ether oxygens (including phenoxy) is 2. The van der Waals surface area contributed by atoms with Crippen LogP contribution in [0.4, 0.5) is 0 Å². The van der Waals surface area contributed by atoms with Crippen molar-refractivity contribution in [2.75, 3.05) is 13.2 Å². The van der Waals surface area contributed by atoms with Gasteiger partial charge in [-0.1, -0.05) is 51.1 Å². The molecule has 0 bridgehead atoms. The summed E-state index contributed by atoms with van der Waals surface area (Å²) in [5, 5.41) is 9.60. The van der Waals surface area contributed by atoms with Gasteiger partial charge in [0.25, 0.3) is 0 Å². The Morgan fingerprint density at radius 2 is 1.67 bits per heavy atom. The van der Waals surface area contributed by atoms with Crippen LogP contribution >= 0.6 is 0 Å². The van der Waals surface area contributed by atoms with E-state index in [0.29, 0.717) is 19.6 Å². The summed E-state index contributed by atoms with van der Waals surface area (Å²) in [6.07, 6.45) is 0.669. The first-order chi connectivity index (χ1) is 11.5. The van der Waals surface area contributed by atoms with E-state index < -0.39 is 0 Å². The fourth-order valence-corrected chi connectivity index (χ4v) is 2.90. The van der Waals surface area contributed by atoms with Crippen molar-refractivity contribution in [3.05, 3.63) is 59.2 Å². The van der Waals surface area contributed by atoms with Crippen LogP contribution < -0.4 is 9.47 Å². The molecule has 3 rings (SSSR count). The van der Waals surface area contributed by atoms with Crippen LogP contribution in [0.25, 0.3) is 0 Å². The highest BCUT2D eigenvalue weighted by molar-refractivity contribution is 5.45. The molecule has 0 radical (unpaired) electrons. The molecule has 0 N–H and O–H groups in total. The van der Waals surface area contributed by atoms with Gasteiger partial charge in [-0.2, -0.15) is 5.26 Å². The Morgan fingerprint density at radius 1 is 1.00 bits per heavy atom. The van der Waals surface area contributed by atoms with E-state index in [1.807, 2.05) is 18.2 Å². The maximum Gasteiger partial charge on any atom is 0.161 e. The van der Waals surface area contributed by atoms with Gasteiger partial charge in [0.15, 0.2) is 11.5 Å². The number of benzene rings is 2. The van der Waals surface area contributed by atoms with Crippen molar-refractivity contribution in [3.63, 3.8) is 0 Å². The zero-order chi connectivity index (χ0) is 17.2. The smallest absolute Gasteiger partial charge is 0.161 e. The summed E-state index contributed by atoms with van der Waals surface area (Å²) in [5.74, 6) is 1.40. The standard InChI is InChI=1S/C21H23NO2/c1-21(2,3)18-7-5-16(6-8-18)17(14-22)12-15-4-9-19-20(13-15)24-11-10-23-19/h4-9,13,17H,10-12H2,1-3H3. The average molecular weight is 321 g/mol. The van der Waals surface area contributed by atoms with E-state index in [1.165, 1.54) is 5.56 Å². The molecule has 3 heteroatoms. The third-order valence-electron chi connectivity index (χ3n) is 4.38. The molecule has 0 spiro atoms. The summed E-state index contributed by atoms with van der Waals surface area (Å²) in [6.45, 7) is 7.75. The lowest BCUT2D eigenvalue weighted by Gasteiger charge is -2.20. The fourth-order valence-electron chi connectivity index (χ4n) is 2.90. The summed E-state index contributed by atoms with van der Waals surface area (Å²) in [6, 6.07) is 16.8. The molecule has 1 aliphatic heterocycles. The minimum atomic E-state index is -0.165. The highest BCUT2D eigenvalue weighted by atomic mass is 16.6. The normalized spacial score (nSPS) is 14.8. The fraction of sp³-hybridized carbons (Fsp3) is 0.381. The largest absolute Gasteiger partial charge is 0.486 e. The van der Waals surface area contributed by atoms with E-state index in [2.05, 4.69) is 51.1 Å². The first-order valence-electron chi connectivity index (χ1n) is 8.36. The van der Waals surface area contributed by atoms with Crippen LogP contribution in [0.2, 0.25) is 0 Å². The van der Waals surface area contributed by atoms with Gasteiger partial charge in [0.1, 0.15) is 13.2 Å². The second-order valence-corrected chi connectivity index (χ2v) is 7.24. The van der Waals surface area contributed by atoms with Gasteiger partial charge < -0.3 is 9.47 Å². The molecule has 1 atom stereocenters. The summed E-state index contributed by atoms with van der Waals surface area (Å²) in [7, 11) is 0. The van der Waals surface area contributed by atoms with Crippen molar-refractivity contribution in [1.29, 1.82) is 5.26 Å². The lowest BCUT2D eigenvalue weighted by atomic mass is 9.85. The molecule has 1 aliphatic rings. The van der Waals surface area contributed by atoms with Crippen LogP contribution in [0, 0.1) is 11.3 Å². The Morgan fingerprint density at radius 3 is 2.29 bits per heavy atom. The van der Waals surface area contributed by atoms with Crippen LogP contribution in [0.15, 0.2) is 42.5 Å². The van der Waals surface area contributed by atoms with Crippen molar-refractivity contribution in [2.24, 2.45) is 0 Å². The highest BCUT2D eigenvalue weighted by Crippen LogP contribution is 2.33. The molecule has 0 aliphatic carbocycles. The first-order valence-corrected chi connectivity index (χ1v) is 8.36. The van der Waals surface area contributed by atoms with E-state index >= 15 is 0 Å². The van der Waals surface area contributed by atoms with Gasteiger partial charge in [-0.25, -0.2) is 0 Å². The molecule has 0 saturated heterocycles. The van der Waals surface area contributed by atoms with E-state index in [1.54, 1.807) is 0 Å². The molecule has 124 valence electrons. The SMILES string of the molecule is CC(C)(C)c1ccc(C(C#N)Cc2ccc3c(c2)OCCO3)cc1. The maximum atomic E-state index is 9.60. The number of nitrogens with zero attached hydrogens (tertiary/aromatic N) is 1. The Balaban J connectivity index is 1.79. The molecule has 0 amide bonds. The zero-order valence-corrected chi connectivity index (χ0v) is 14.5. The van der Waals surface area contributed by atoms with Gasteiger partial charge in [-0.15, -0.1) is 0 Å². The Kier molecular flexibility index (Phi) is 4.49. The van der Waals surface area contributed by atoms with E-state index in [9.17, 15) is 5.26 Å². The molecule has 0 fully saturated rings. The summed E-state index contributed by atoms with van der Waals surface area (Å²) < 4.78 is 11.2. The molecular formula is C21H23NO2. The van der Waals surface area contributed by atoms with E-state index in [0.717, 1.165) is 22.6 Å².